The zero-order valence-corrected chi connectivity index (χ0v) is 13.3. The van der Waals surface area contributed by atoms with E-state index in [1.54, 1.807) is 0 Å². The van der Waals surface area contributed by atoms with Gasteiger partial charge in [-0.1, -0.05) is 22.0 Å². The van der Waals surface area contributed by atoms with Gasteiger partial charge >= 0.3 is 0 Å². The zero-order valence-electron chi connectivity index (χ0n) is 11.7. The number of nitrogens with one attached hydrogen (secondary N) is 1. The van der Waals surface area contributed by atoms with Crippen LogP contribution < -0.4 is 5.32 Å². The molecule has 5 rings (SSSR count). The Hall–Kier alpha value is -0.540. The number of halogens is 1. The van der Waals surface area contributed by atoms with E-state index in [2.05, 4.69) is 39.4 Å². The van der Waals surface area contributed by atoms with E-state index in [4.69, 9.17) is 0 Å². The van der Waals surface area contributed by atoms with E-state index in [1.807, 2.05) is 6.07 Å². The molecule has 0 atom stereocenters. The minimum Gasteiger partial charge on any atom is -0.394 e. The molecule has 4 bridgehead atoms. The molecule has 20 heavy (non-hydrogen) atoms. The first-order chi connectivity index (χ1) is 9.69. The van der Waals surface area contributed by atoms with Gasteiger partial charge in [-0.05, 0) is 74.0 Å². The Bertz CT molecular complexity index is 487. The molecule has 2 N–H and O–H groups in total. The number of anilines is 1. The molecule has 0 spiro atoms. The average Bonchev–Trinajstić information content (AvgIpc) is 2.42. The summed E-state index contributed by atoms with van der Waals surface area (Å²) in [6.07, 6.45) is 6.71. The molecule has 0 aromatic heterocycles. The number of benzene rings is 1. The Kier molecular flexibility index (Phi) is 3.11. The van der Waals surface area contributed by atoms with Gasteiger partial charge in [0, 0.05) is 10.2 Å². The molecular formula is C17H22BrNO. The number of rotatable bonds is 3. The van der Waals surface area contributed by atoms with Gasteiger partial charge in [-0.2, -0.15) is 0 Å². The Labute approximate surface area is 129 Å². The summed E-state index contributed by atoms with van der Waals surface area (Å²) in [4.78, 5) is 0. The first-order valence-corrected chi connectivity index (χ1v) is 8.63. The first kappa shape index (κ1) is 13.1. The molecule has 0 unspecified atom stereocenters. The molecule has 0 saturated heterocycles. The van der Waals surface area contributed by atoms with E-state index in [-0.39, 0.29) is 12.1 Å². The van der Waals surface area contributed by atoms with Gasteiger partial charge in [0.15, 0.2) is 0 Å². The Morgan fingerprint density at radius 2 is 1.75 bits per heavy atom. The fourth-order valence-corrected chi connectivity index (χ4v) is 5.76. The van der Waals surface area contributed by atoms with Crippen molar-refractivity contribution in [2.24, 2.45) is 23.7 Å². The summed E-state index contributed by atoms with van der Waals surface area (Å²) < 4.78 is 1.10. The van der Waals surface area contributed by atoms with Crippen LogP contribution in [0.1, 0.15) is 32.1 Å². The second kappa shape index (κ2) is 4.74. The van der Waals surface area contributed by atoms with Gasteiger partial charge in [0.1, 0.15) is 0 Å². The lowest BCUT2D eigenvalue weighted by Crippen LogP contribution is -2.63. The van der Waals surface area contributed by atoms with Gasteiger partial charge < -0.3 is 10.4 Å². The summed E-state index contributed by atoms with van der Waals surface area (Å²) in [5.74, 6) is 3.17. The van der Waals surface area contributed by atoms with Crippen molar-refractivity contribution >= 4 is 21.6 Å². The van der Waals surface area contributed by atoms with Crippen LogP contribution in [0.3, 0.4) is 0 Å². The van der Waals surface area contributed by atoms with E-state index >= 15 is 0 Å². The summed E-state index contributed by atoms with van der Waals surface area (Å²) in [6, 6.07) is 8.36. The van der Waals surface area contributed by atoms with Crippen molar-refractivity contribution in [3.63, 3.8) is 0 Å². The molecule has 108 valence electrons. The van der Waals surface area contributed by atoms with Crippen LogP contribution in [-0.2, 0) is 0 Å². The normalized spacial score (nSPS) is 41.9. The van der Waals surface area contributed by atoms with Gasteiger partial charge in [-0.15, -0.1) is 0 Å². The standard InChI is InChI=1S/C17H22BrNO/c18-15-2-1-3-16(9-15)19-17(10-20)13-5-11-4-12(7-13)8-14(17)6-11/h1-3,9,11-14,19-20H,4-8,10H2. The van der Waals surface area contributed by atoms with Crippen LogP contribution in [0.5, 0.6) is 0 Å². The van der Waals surface area contributed by atoms with Crippen molar-refractivity contribution in [1.82, 2.24) is 0 Å². The third-order valence-corrected chi connectivity index (χ3v) is 6.55. The number of aliphatic hydroxyl groups excluding tert-OH is 1. The summed E-state index contributed by atoms with van der Waals surface area (Å²) in [7, 11) is 0. The van der Waals surface area contributed by atoms with E-state index in [0.29, 0.717) is 11.8 Å². The predicted molar refractivity (Wildman–Crippen MR) is 84.6 cm³/mol. The average molecular weight is 336 g/mol. The van der Waals surface area contributed by atoms with Crippen molar-refractivity contribution in [2.75, 3.05) is 11.9 Å². The second-order valence-corrected chi connectivity index (χ2v) is 8.05. The topological polar surface area (TPSA) is 32.3 Å². The van der Waals surface area contributed by atoms with Crippen LogP contribution in [0.4, 0.5) is 5.69 Å². The molecule has 0 heterocycles. The second-order valence-electron chi connectivity index (χ2n) is 7.14. The fraction of sp³-hybridized carbons (Fsp3) is 0.647. The molecule has 4 saturated carbocycles. The van der Waals surface area contributed by atoms with Crippen LogP contribution in [0, 0.1) is 23.7 Å². The van der Waals surface area contributed by atoms with Crippen LogP contribution in [0.2, 0.25) is 0 Å². The Morgan fingerprint density at radius 3 is 2.30 bits per heavy atom. The third-order valence-electron chi connectivity index (χ3n) is 6.06. The lowest BCUT2D eigenvalue weighted by molar-refractivity contribution is -0.0655. The predicted octanol–water partition coefficient (Wildman–Crippen LogP) is 4.05. The molecular weight excluding hydrogens is 314 g/mol. The third kappa shape index (κ3) is 1.93. The van der Waals surface area contributed by atoms with Crippen LogP contribution >= 0.6 is 15.9 Å². The van der Waals surface area contributed by atoms with E-state index in [1.165, 1.54) is 32.1 Å². The van der Waals surface area contributed by atoms with Gasteiger partial charge in [0.05, 0.1) is 12.1 Å². The minimum absolute atomic E-state index is 0.0752. The highest BCUT2D eigenvalue weighted by Crippen LogP contribution is 2.59. The molecule has 4 aliphatic carbocycles. The van der Waals surface area contributed by atoms with Gasteiger partial charge in [0.2, 0.25) is 0 Å². The van der Waals surface area contributed by atoms with E-state index < -0.39 is 0 Å². The van der Waals surface area contributed by atoms with Crippen LogP contribution in [-0.4, -0.2) is 17.3 Å². The van der Waals surface area contributed by atoms with Crippen molar-refractivity contribution in [3.8, 4) is 0 Å². The lowest BCUT2D eigenvalue weighted by atomic mass is 9.48. The van der Waals surface area contributed by atoms with E-state index in [0.717, 1.165) is 22.0 Å². The smallest absolute Gasteiger partial charge is 0.0667 e. The maximum absolute atomic E-state index is 10.2. The fourth-order valence-electron chi connectivity index (χ4n) is 5.36. The molecule has 0 radical (unpaired) electrons. The Morgan fingerprint density at radius 1 is 1.10 bits per heavy atom. The maximum Gasteiger partial charge on any atom is 0.0667 e. The largest absolute Gasteiger partial charge is 0.394 e. The summed E-state index contributed by atoms with van der Waals surface area (Å²) in [6.45, 7) is 0.272. The van der Waals surface area contributed by atoms with Crippen molar-refractivity contribution in [1.29, 1.82) is 0 Å². The number of hydrogen-bond acceptors (Lipinski definition) is 2. The molecule has 4 aliphatic rings. The lowest BCUT2D eigenvalue weighted by Gasteiger charge is -2.61. The number of aliphatic hydroxyl groups is 1. The molecule has 0 amide bonds. The van der Waals surface area contributed by atoms with Crippen LogP contribution in [0.25, 0.3) is 0 Å². The Balaban J connectivity index is 1.66. The monoisotopic (exact) mass is 335 g/mol. The van der Waals surface area contributed by atoms with Gasteiger partial charge in [-0.3, -0.25) is 0 Å². The van der Waals surface area contributed by atoms with Crippen molar-refractivity contribution < 1.29 is 5.11 Å². The number of hydrogen-bond donors (Lipinski definition) is 2. The molecule has 4 fully saturated rings. The van der Waals surface area contributed by atoms with Gasteiger partial charge in [0.25, 0.3) is 0 Å². The molecule has 1 aromatic carbocycles. The molecule has 0 aliphatic heterocycles. The highest BCUT2D eigenvalue weighted by atomic mass is 79.9. The zero-order chi connectivity index (χ0) is 13.7. The molecule has 2 nitrogen and oxygen atoms in total. The summed E-state index contributed by atoms with van der Waals surface area (Å²) >= 11 is 3.54. The highest BCUT2D eigenvalue weighted by Gasteiger charge is 2.56. The SMILES string of the molecule is OCC1(Nc2cccc(Br)c2)C2CC3CC(C2)CC1C3. The van der Waals surface area contributed by atoms with Crippen molar-refractivity contribution in [2.45, 2.75) is 37.6 Å². The first-order valence-electron chi connectivity index (χ1n) is 7.84. The maximum atomic E-state index is 10.2. The summed E-state index contributed by atoms with van der Waals surface area (Å²) in [5.41, 5.74) is 1.06. The van der Waals surface area contributed by atoms with E-state index in [9.17, 15) is 5.11 Å². The quantitative estimate of drug-likeness (QED) is 0.873. The van der Waals surface area contributed by atoms with Crippen molar-refractivity contribution in [3.05, 3.63) is 28.7 Å². The molecule has 1 aromatic rings. The van der Waals surface area contributed by atoms with Crippen LogP contribution in [0.15, 0.2) is 28.7 Å². The summed E-state index contributed by atoms with van der Waals surface area (Å²) in [5, 5.41) is 14.0. The molecule has 3 heteroatoms. The van der Waals surface area contributed by atoms with Gasteiger partial charge in [-0.25, -0.2) is 0 Å². The minimum atomic E-state index is -0.0752. The highest BCUT2D eigenvalue weighted by molar-refractivity contribution is 9.10.